The van der Waals surface area contributed by atoms with Crippen LogP contribution in [0.1, 0.15) is 101 Å². The van der Waals surface area contributed by atoms with Crippen LogP contribution in [-0.4, -0.2) is 33.7 Å². The molecule has 0 saturated heterocycles. The smallest absolute Gasteiger partial charge is 0.0606 e. The van der Waals surface area contributed by atoms with Crippen LogP contribution in [-0.2, 0) is 0 Å². The minimum Gasteiger partial charge on any atom is -0.393 e. The van der Waals surface area contributed by atoms with E-state index in [9.17, 15) is 5.11 Å². The molecule has 2 atom stereocenters. The van der Waals surface area contributed by atoms with Gasteiger partial charge in [0.25, 0.3) is 0 Å². The van der Waals surface area contributed by atoms with Crippen LogP contribution in [0.3, 0.4) is 0 Å². The van der Waals surface area contributed by atoms with E-state index in [1.807, 2.05) is 6.08 Å². The van der Waals surface area contributed by atoms with Crippen LogP contribution in [0.15, 0.2) is 24.3 Å². The van der Waals surface area contributed by atoms with Crippen LogP contribution >= 0.6 is 0 Å². The molecular weight excluding hydrogens is 366 g/mol. The Kier molecular flexibility index (Phi) is 7.47. The SMILES string of the molecule is C=CCCC1=CC(C)(C)N(CC2CC(C(C)(C)C)C(O)C(C(C)(C)C)C2)C(C)(C)C1. The predicted molar refractivity (Wildman–Crippen MR) is 132 cm³/mol. The van der Waals surface area contributed by atoms with E-state index in [-0.39, 0.29) is 28.0 Å². The normalized spacial score (nSPS) is 32.6. The first-order valence-corrected chi connectivity index (χ1v) is 12.3. The lowest BCUT2D eigenvalue weighted by molar-refractivity contribution is -0.0957. The fraction of sp³-hybridized carbons (Fsp3) is 0.857. The van der Waals surface area contributed by atoms with Crippen LogP contribution < -0.4 is 0 Å². The van der Waals surface area contributed by atoms with Gasteiger partial charge in [-0.2, -0.15) is 0 Å². The molecule has 0 radical (unpaired) electrons. The molecular formula is C28H51NO. The predicted octanol–water partition coefficient (Wildman–Crippen LogP) is 7.24. The first-order valence-electron chi connectivity index (χ1n) is 12.3. The molecule has 2 rings (SSSR count). The quantitative estimate of drug-likeness (QED) is 0.477. The second-order valence-corrected chi connectivity index (χ2v) is 13.7. The van der Waals surface area contributed by atoms with Crippen molar-refractivity contribution in [2.24, 2.45) is 28.6 Å². The Morgan fingerprint density at radius 3 is 1.93 bits per heavy atom. The van der Waals surface area contributed by atoms with Crippen molar-refractivity contribution in [3.05, 3.63) is 24.3 Å². The molecule has 2 nitrogen and oxygen atoms in total. The Bertz CT molecular complexity index is 604. The van der Waals surface area contributed by atoms with Crippen molar-refractivity contribution in [2.45, 2.75) is 119 Å². The van der Waals surface area contributed by atoms with Gasteiger partial charge in [0.05, 0.1) is 6.10 Å². The molecule has 1 aliphatic heterocycles. The third-order valence-electron chi connectivity index (χ3n) is 7.98. The largest absolute Gasteiger partial charge is 0.393 e. The molecule has 30 heavy (non-hydrogen) atoms. The Morgan fingerprint density at radius 1 is 1.03 bits per heavy atom. The molecule has 2 unspecified atom stereocenters. The summed E-state index contributed by atoms with van der Waals surface area (Å²) in [5, 5.41) is 11.3. The summed E-state index contributed by atoms with van der Waals surface area (Å²) in [5.74, 6) is 1.34. The van der Waals surface area contributed by atoms with E-state index in [1.54, 1.807) is 5.57 Å². The molecule has 0 aromatic heterocycles. The highest BCUT2D eigenvalue weighted by Gasteiger charge is 2.48. The Balaban J connectivity index is 2.30. The molecule has 174 valence electrons. The maximum atomic E-state index is 11.3. The van der Waals surface area contributed by atoms with Crippen molar-refractivity contribution >= 4 is 0 Å². The van der Waals surface area contributed by atoms with Crippen LogP contribution in [0.2, 0.25) is 0 Å². The van der Waals surface area contributed by atoms with E-state index in [0.29, 0.717) is 17.8 Å². The average molecular weight is 418 g/mol. The van der Waals surface area contributed by atoms with Gasteiger partial charge in [-0.15, -0.1) is 6.58 Å². The topological polar surface area (TPSA) is 23.5 Å². The van der Waals surface area contributed by atoms with Crippen molar-refractivity contribution in [3.8, 4) is 0 Å². The fourth-order valence-corrected chi connectivity index (χ4v) is 6.50. The highest BCUT2D eigenvalue weighted by molar-refractivity contribution is 5.22. The number of aliphatic hydroxyl groups is 1. The van der Waals surface area contributed by atoms with Crippen LogP contribution in [0, 0.1) is 28.6 Å². The van der Waals surface area contributed by atoms with Gasteiger partial charge in [0.15, 0.2) is 0 Å². The summed E-state index contributed by atoms with van der Waals surface area (Å²) in [4.78, 5) is 2.76. The van der Waals surface area contributed by atoms with Crippen molar-refractivity contribution in [2.75, 3.05) is 6.54 Å². The van der Waals surface area contributed by atoms with Gasteiger partial charge in [-0.25, -0.2) is 0 Å². The molecule has 0 amide bonds. The molecule has 0 spiro atoms. The Labute approximate surface area is 188 Å². The summed E-state index contributed by atoms with van der Waals surface area (Å²) in [7, 11) is 0. The zero-order valence-electron chi connectivity index (χ0n) is 21.8. The molecule has 1 N–H and O–H groups in total. The maximum Gasteiger partial charge on any atom is 0.0606 e. The molecule has 0 bridgehead atoms. The third kappa shape index (κ3) is 5.80. The first kappa shape index (κ1) is 25.7. The number of aliphatic hydroxyl groups excluding tert-OH is 1. The van der Waals surface area contributed by atoms with Gasteiger partial charge in [0.2, 0.25) is 0 Å². The summed E-state index contributed by atoms with van der Waals surface area (Å²) >= 11 is 0. The number of hydrogen-bond acceptors (Lipinski definition) is 2. The lowest BCUT2D eigenvalue weighted by Crippen LogP contribution is -2.60. The number of nitrogens with zero attached hydrogens (tertiary/aromatic N) is 1. The highest BCUT2D eigenvalue weighted by atomic mass is 16.3. The van der Waals surface area contributed by atoms with Crippen LogP contribution in [0.25, 0.3) is 0 Å². The number of allylic oxidation sites excluding steroid dienone is 1. The van der Waals surface area contributed by atoms with Gasteiger partial charge in [-0.1, -0.05) is 59.3 Å². The zero-order chi connectivity index (χ0) is 23.1. The summed E-state index contributed by atoms with van der Waals surface area (Å²) in [6, 6.07) is 0. The molecule has 0 aromatic rings. The lowest BCUT2D eigenvalue weighted by Gasteiger charge is -2.55. The zero-order valence-corrected chi connectivity index (χ0v) is 21.8. The fourth-order valence-electron chi connectivity index (χ4n) is 6.50. The molecule has 1 fully saturated rings. The monoisotopic (exact) mass is 417 g/mol. The van der Waals surface area contributed by atoms with E-state index in [2.05, 4.69) is 86.8 Å². The van der Waals surface area contributed by atoms with E-state index in [4.69, 9.17) is 0 Å². The third-order valence-corrected chi connectivity index (χ3v) is 7.98. The summed E-state index contributed by atoms with van der Waals surface area (Å²) in [6.45, 7) is 28.5. The molecule has 2 aliphatic rings. The van der Waals surface area contributed by atoms with Gasteiger partial charge in [0, 0.05) is 17.6 Å². The number of rotatable bonds is 5. The summed E-state index contributed by atoms with van der Waals surface area (Å²) < 4.78 is 0. The standard InChI is InChI=1S/C28H51NO/c1-12-13-14-20-17-27(8,9)29(28(10,11)18-20)19-21-15-22(25(2,3)4)24(30)23(16-21)26(5,6)7/h12,17,21-24,30H,1,13-16,18-19H2,2-11H3. The lowest BCUT2D eigenvalue weighted by atomic mass is 9.58. The maximum absolute atomic E-state index is 11.3. The minimum absolute atomic E-state index is 0.0583. The van der Waals surface area contributed by atoms with Crippen molar-refractivity contribution in [1.82, 2.24) is 4.90 Å². The molecule has 1 heterocycles. The van der Waals surface area contributed by atoms with E-state index >= 15 is 0 Å². The average Bonchev–Trinajstić information content (AvgIpc) is 2.54. The van der Waals surface area contributed by atoms with Gasteiger partial charge < -0.3 is 5.11 Å². The molecule has 1 aliphatic carbocycles. The molecule has 0 aromatic carbocycles. The van der Waals surface area contributed by atoms with E-state index in [0.717, 1.165) is 38.6 Å². The van der Waals surface area contributed by atoms with E-state index in [1.165, 1.54) is 0 Å². The second kappa shape index (κ2) is 8.74. The molecule has 1 saturated carbocycles. The van der Waals surface area contributed by atoms with Crippen molar-refractivity contribution in [1.29, 1.82) is 0 Å². The highest BCUT2D eigenvalue weighted by Crippen LogP contribution is 2.50. The van der Waals surface area contributed by atoms with Crippen LogP contribution in [0.5, 0.6) is 0 Å². The van der Waals surface area contributed by atoms with E-state index < -0.39 is 0 Å². The number of hydrogen-bond donors (Lipinski definition) is 1. The second-order valence-electron chi connectivity index (χ2n) is 13.7. The summed E-state index contributed by atoms with van der Waals surface area (Å²) in [6.07, 6.45) is 9.98. The Hall–Kier alpha value is -0.600. The van der Waals surface area contributed by atoms with Gasteiger partial charge in [-0.05, 0) is 88.4 Å². The van der Waals surface area contributed by atoms with Gasteiger partial charge in [-0.3, -0.25) is 4.90 Å². The van der Waals surface area contributed by atoms with Gasteiger partial charge >= 0.3 is 0 Å². The minimum atomic E-state index is -0.200. The molecule has 2 heteroatoms. The van der Waals surface area contributed by atoms with Crippen LogP contribution in [0.4, 0.5) is 0 Å². The Morgan fingerprint density at radius 2 is 1.53 bits per heavy atom. The first-order chi connectivity index (χ1) is 13.5. The van der Waals surface area contributed by atoms with Crippen molar-refractivity contribution in [3.63, 3.8) is 0 Å². The van der Waals surface area contributed by atoms with Crippen molar-refractivity contribution < 1.29 is 5.11 Å². The summed E-state index contributed by atoms with van der Waals surface area (Å²) in [5.41, 5.74) is 2.06. The van der Waals surface area contributed by atoms with Gasteiger partial charge in [0.1, 0.15) is 0 Å².